The molecule has 0 bridgehead atoms. The highest BCUT2D eigenvalue weighted by Gasteiger charge is 2.09. The molecule has 0 saturated heterocycles. The minimum absolute atomic E-state index is 0.195. The van der Waals surface area contributed by atoms with Gasteiger partial charge in [-0.3, -0.25) is 15.4 Å². The number of benzene rings is 1. The average molecular weight is 464 g/mol. The molecule has 0 fully saturated rings. The quantitative estimate of drug-likeness (QED) is 0.297. The number of nitrogens with zero attached hydrogens (tertiary/aromatic N) is 6. The molecule has 4 aromatic heterocycles. The number of hydrogen-bond acceptors (Lipinski definition) is 8. The highest BCUT2D eigenvalue weighted by atomic mass is 16.2. The lowest BCUT2D eigenvalue weighted by Gasteiger charge is -2.09. The zero-order valence-electron chi connectivity index (χ0n) is 18.4. The summed E-state index contributed by atoms with van der Waals surface area (Å²) in [5.74, 6) is 1.90. The van der Waals surface area contributed by atoms with Crippen LogP contribution in [0.5, 0.6) is 0 Å². The molecule has 35 heavy (non-hydrogen) atoms. The van der Waals surface area contributed by atoms with Gasteiger partial charge in [0.1, 0.15) is 11.6 Å². The van der Waals surface area contributed by atoms with Gasteiger partial charge in [-0.25, -0.2) is 24.7 Å². The topological polar surface area (TPSA) is 160 Å². The summed E-state index contributed by atoms with van der Waals surface area (Å²) in [4.78, 5) is 33.3. The predicted octanol–water partition coefficient (Wildman–Crippen LogP) is 3.54. The van der Waals surface area contributed by atoms with Crippen LogP contribution in [0.3, 0.4) is 0 Å². The number of rotatable bonds is 6. The molecule has 1 aromatic carbocycles. The first-order valence-corrected chi connectivity index (χ1v) is 10.6. The number of nitrogen functional groups attached to an aromatic ring is 1. The molecule has 11 nitrogen and oxygen atoms in total. The Morgan fingerprint density at radius 3 is 2.51 bits per heavy atom. The monoisotopic (exact) mass is 464 g/mol. The number of aromatic amines is 1. The van der Waals surface area contributed by atoms with Crippen LogP contribution in [-0.4, -0.2) is 41.1 Å². The summed E-state index contributed by atoms with van der Waals surface area (Å²) in [6.07, 6.45) is 8.75. The van der Waals surface area contributed by atoms with Crippen LogP contribution in [0.2, 0.25) is 0 Å². The molecule has 5 rings (SSSR count). The maximum absolute atomic E-state index is 12.6. The molecule has 0 unspecified atom stereocenters. The number of amides is 2. The van der Waals surface area contributed by atoms with Gasteiger partial charge in [0, 0.05) is 54.2 Å². The van der Waals surface area contributed by atoms with Crippen molar-refractivity contribution >= 4 is 23.5 Å². The van der Waals surface area contributed by atoms with E-state index in [-0.39, 0.29) is 5.95 Å². The van der Waals surface area contributed by atoms with E-state index >= 15 is 0 Å². The Morgan fingerprint density at radius 1 is 0.886 bits per heavy atom. The lowest BCUT2D eigenvalue weighted by atomic mass is 10.1. The third kappa shape index (κ3) is 5.42. The van der Waals surface area contributed by atoms with E-state index in [0.29, 0.717) is 29.6 Å². The number of pyridine rings is 2. The van der Waals surface area contributed by atoms with E-state index in [4.69, 9.17) is 5.73 Å². The van der Waals surface area contributed by atoms with Crippen molar-refractivity contribution in [1.29, 1.82) is 0 Å². The van der Waals surface area contributed by atoms with Crippen molar-refractivity contribution in [2.45, 2.75) is 6.42 Å². The van der Waals surface area contributed by atoms with Gasteiger partial charge in [-0.15, -0.1) is 0 Å². The van der Waals surface area contributed by atoms with Crippen molar-refractivity contribution in [3.05, 3.63) is 90.9 Å². The maximum atomic E-state index is 12.6. The molecule has 0 spiro atoms. The second-order valence-electron chi connectivity index (χ2n) is 7.56. The van der Waals surface area contributed by atoms with Crippen LogP contribution in [-0.2, 0) is 6.42 Å². The van der Waals surface area contributed by atoms with Gasteiger partial charge in [0.25, 0.3) is 0 Å². The Bertz CT molecular complexity index is 1450. The molecular weight excluding hydrogens is 444 g/mol. The minimum atomic E-state index is -0.417. The summed E-state index contributed by atoms with van der Waals surface area (Å²) in [7, 11) is 0. The first-order valence-electron chi connectivity index (χ1n) is 10.6. The Morgan fingerprint density at radius 2 is 1.69 bits per heavy atom. The molecule has 4 heterocycles. The van der Waals surface area contributed by atoms with Gasteiger partial charge in [-0.05, 0) is 47.5 Å². The summed E-state index contributed by atoms with van der Waals surface area (Å²) in [5.41, 5.74) is 9.59. The van der Waals surface area contributed by atoms with Gasteiger partial charge in [-0.1, -0.05) is 12.1 Å². The van der Waals surface area contributed by atoms with E-state index in [2.05, 4.69) is 45.8 Å². The molecule has 0 saturated carbocycles. The summed E-state index contributed by atoms with van der Waals surface area (Å²) < 4.78 is 0. The summed E-state index contributed by atoms with van der Waals surface area (Å²) in [6, 6.07) is 14.3. The fourth-order valence-corrected chi connectivity index (χ4v) is 3.40. The number of carbonyl (C=O) groups is 1. The number of carbonyl (C=O) groups excluding carboxylic acids is 1. The van der Waals surface area contributed by atoms with Gasteiger partial charge < -0.3 is 11.1 Å². The molecule has 172 valence electrons. The fourth-order valence-electron chi connectivity index (χ4n) is 3.40. The van der Waals surface area contributed by atoms with Gasteiger partial charge in [-0.2, -0.15) is 5.10 Å². The number of urea groups is 1. The molecule has 0 atom stereocenters. The Kier molecular flexibility index (Phi) is 6.03. The van der Waals surface area contributed by atoms with E-state index < -0.39 is 6.03 Å². The Balaban J connectivity index is 1.23. The van der Waals surface area contributed by atoms with Crippen LogP contribution in [0.25, 0.3) is 22.5 Å². The van der Waals surface area contributed by atoms with E-state index in [1.807, 2.05) is 30.3 Å². The highest BCUT2D eigenvalue weighted by molar-refractivity contribution is 5.99. The summed E-state index contributed by atoms with van der Waals surface area (Å²) in [6.45, 7) is 0. The molecule has 5 N–H and O–H groups in total. The zero-order valence-corrected chi connectivity index (χ0v) is 18.4. The Hall–Kier alpha value is -5.19. The van der Waals surface area contributed by atoms with Crippen molar-refractivity contribution in [2.75, 3.05) is 16.4 Å². The van der Waals surface area contributed by atoms with Crippen LogP contribution in [0.15, 0.2) is 79.5 Å². The van der Waals surface area contributed by atoms with Crippen molar-refractivity contribution in [2.24, 2.45) is 0 Å². The highest BCUT2D eigenvalue weighted by Crippen LogP contribution is 2.21. The zero-order chi connectivity index (χ0) is 24.0. The SMILES string of the molecule is Nc1ncc(-c2ccnc(NC(=O)Nc3cccc(Cc4nc(-c5ccncc5)n[nH]4)c3)c2)cn1. The predicted molar refractivity (Wildman–Crippen MR) is 131 cm³/mol. The van der Waals surface area contributed by atoms with Gasteiger partial charge in [0.05, 0.1) is 0 Å². The van der Waals surface area contributed by atoms with E-state index in [0.717, 1.165) is 22.3 Å². The molecule has 0 aliphatic heterocycles. The second kappa shape index (κ2) is 9.75. The van der Waals surface area contributed by atoms with Crippen molar-refractivity contribution in [3.8, 4) is 22.5 Å². The smallest absolute Gasteiger partial charge is 0.324 e. The third-order valence-corrected chi connectivity index (χ3v) is 5.03. The molecular formula is C24H20N10O. The van der Waals surface area contributed by atoms with Crippen LogP contribution in [0.4, 0.5) is 22.2 Å². The average Bonchev–Trinajstić information content (AvgIpc) is 3.34. The summed E-state index contributed by atoms with van der Waals surface area (Å²) >= 11 is 0. The number of nitrogens with one attached hydrogen (secondary N) is 3. The number of hydrogen-bond donors (Lipinski definition) is 4. The van der Waals surface area contributed by atoms with E-state index in [1.54, 1.807) is 49.2 Å². The maximum Gasteiger partial charge on any atom is 0.324 e. The third-order valence-electron chi connectivity index (χ3n) is 5.03. The first kappa shape index (κ1) is 21.6. The second-order valence-corrected chi connectivity index (χ2v) is 7.56. The largest absolute Gasteiger partial charge is 0.368 e. The summed E-state index contributed by atoms with van der Waals surface area (Å²) in [5, 5.41) is 12.8. The molecule has 0 aliphatic rings. The lowest BCUT2D eigenvalue weighted by Crippen LogP contribution is -2.20. The number of anilines is 3. The number of H-pyrrole nitrogens is 1. The number of nitrogens with two attached hydrogens (primary N) is 1. The standard InChI is InChI=1S/C24H20N10O/c25-23-28-13-18(14-29-23)17-6-9-27-20(12-17)32-24(35)30-19-3-1-2-15(10-19)11-21-31-22(34-33-21)16-4-7-26-8-5-16/h1-10,12-14H,11H2,(H2,25,28,29)(H,31,33,34)(H2,27,30,32,35). The van der Waals surface area contributed by atoms with Crippen LogP contribution in [0, 0.1) is 0 Å². The van der Waals surface area contributed by atoms with E-state index in [1.165, 1.54) is 0 Å². The van der Waals surface area contributed by atoms with Crippen molar-refractivity contribution in [3.63, 3.8) is 0 Å². The molecule has 0 radical (unpaired) electrons. The molecule has 5 aromatic rings. The van der Waals surface area contributed by atoms with E-state index in [9.17, 15) is 4.79 Å². The molecule has 11 heteroatoms. The first-order chi connectivity index (χ1) is 17.1. The van der Waals surface area contributed by atoms with Crippen LogP contribution < -0.4 is 16.4 Å². The molecule has 2 amide bonds. The normalized spacial score (nSPS) is 10.6. The van der Waals surface area contributed by atoms with Gasteiger partial charge in [0.15, 0.2) is 5.82 Å². The number of aromatic nitrogens is 7. The minimum Gasteiger partial charge on any atom is -0.368 e. The van der Waals surface area contributed by atoms with Crippen molar-refractivity contribution < 1.29 is 4.79 Å². The van der Waals surface area contributed by atoms with Crippen molar-refractivity contribution in [1.82, 2.24) is 35.1 Å². The van der Waals surface area contributed by atoms with Gasteiger partial charge >= 0.3 is 6.03 Å². The Labute approximate surface area is 199 Å². The van der Waals surface area contributed by atoms with Crippen LogP contribution >= 0.6 is 0 Å². The lowest BCUT2D eigenvalue weighted by molar-refractivity contribution is 0.262. The molecule has 0 aliphatic carbocycles. The fraction of sp³-hybridized carbons (Fsp3) is 0.0417. The van der Waals surface area contributed by atoms with Gasteiger partial charge in [0.2, 0.25) is 5.95 Å². The van der Waals surface area contributed by atoms with Crippen LogP contribution in [0.1, 0.15) is 11.4 Å².